The molecule has 0 radical (unpaired) electrons. The lowest BCUT2D eigenvalue weighted by Gasteiger charge is -2.09. The molecule has 3 heterocycles. The van der Waals surface area contributed by atoms with Gasteiger partial charge in [0.2, 0.25) is 5.82 Å². The minimum absolute atomic E-state index is 0.192. The summed E-state index contributed by atoms with van der Waals surface area (Å²) in [5.41, 5.74) is 2.63. The Morgan fingerprint density at radius 1 is 1.08 bits per heavy atom. The third kappa shape index (κ3) is 4.54. The van der Waals surface area contributed by atoms with Gasteiger partial charge in [-0.1, -0.05) is 49.7 Å². The van der Waals surface area contributed by atoms with Crippen LogP contribution in [0.2, 0.25) is 0 Å². The summed E-state index contributed by atoms with van der Waals surface area (Å²) in [7, 11) is 0. The first-order valence-corrected chi connectivity index (χ1v) is 11.6. The standard InChI is InChI=1S/C26H22FN7O3/c1-2-6-17-15-34(23-20(25(35)36)9-5-10-21(23)27)26(37)33(17)14-16-11-12-22(28-13-16)18-7-3-4-8-19(18)24-29-31-32-30-24/h3-5,7-13,15H,2,6,14H2,1H3,(H,35,36)(H,29,30,31,32). The molecule has 0 aliphatic rings. The Bertz CT molecular complexity index is 1620. The molecule has 0 aliphatic carbocycles. The number of carboxylic acids is 1. The van der Waals surface area contributed by atoms with Crippen LogP contribution in [-0.4, -0.2) is 45.8 Å². The Balaban J connectivity index is 1.51. The molecule has 0 atom stereocenters. The number of benzene rings is 2. The van der Waals surface area contributed by atoms with Crippen LogP contribution in [0, 0.1) is 5.82 Å². The number of imidazole rings is 1. The van der Waals surface area contributed by atoms with Gasteiger partial charge in [-0.3, -0.25) is 14.1 Å². The Hall–Kier alpha value is -4.93. The van der Waals surface area contributed by atoms with Gasteiger partial charge in [-0.05, 0) is 35.4 Å². The molecule has 5 aromatic rings. The average molecular weight is 500 g/mol. The Kier molecular flexibility index (Phi) is 6.42. The van der Waals surface area contributed by atoms with Crippen molar-refractivity contribution in [3.8, 4) is 28.3 Å². The number of aromatic nitrogens is 7. The molecule has 2 N–H and O–H groups in total. The number of aryl methyl sites for hydroxylation is 1. The van der Waals surface area contributed by atoms with Gasteiger partial charge in [-0.25, -0.2) is 14.0 Å². The van der Waals surface area contributed by atoms with Crippen LogP contribution >= 0.6 is 0 Å². The van der Waals surface area contributed by atoms with Crippen LogP contribution in [0.1, 0.15) is 35.0 Å². The highest BCUT2D eigenvalue weighted by molar-refractivity contribution is 5.92. The first kappa shape index (κ1) is 23.8. The summed E-state index contributed by atoms with van der Waals surface area (Å²) in [6, 6.07) is 15.0. The topological polar surface area (TPSA) is 132 Å². The largest absolute Gasteiger partial charge is 0.478 e. The zero-order valence-electron chi connectivity index (χ0n) is 19.8. The van der Waals surface area contributed by atoms with Crippen molar-refractivity contribution in [2.24, 2.45) is 0 Å². The maximum Gasteiger partial charge on any atom is 0.337 e. The summed E-state index contributed by atoms with van der Waals surface area (Å²) >= 11 is 0. The zero-order chi connectivity index (χ0) is 25.9. The fourth-order valence-corrected chi connectivity index (χ4v) is 4.28. The number of hydrogen-bond acceptors (Lipinski definition) is 6. The van der Waals surface area contributed by atoms with E-state index in [1.165, 1.54) is 22.9 Å². The third-order valence-corrected chi connectivity index (χ3v) is 5.98. The molecule has 186 valence electrons. The second kappa shape index (κ2) is 9.97. The molecule has 10 nitrogen and oxygen atoms in total. The van der Waals surface area contributed by atoms with Crippen molar-refractivity contribution >= 4 is 5.97 Å². The molecule has 0 unspecified atom stereocenters. The van der Waals surface area contributed by atoms with Crippen LogP contribution in [0.15, 0.2) is 71.8 Å². The zero-order valence-corrected chi connectivity index (χ0v) is 19.8. The van der Waals surface area contributed by atoms with E-state index >= 15 is 0 Å². The molecule has 5 rings (SSSR count). The van der Waals surface area contributed by atoms with Crippen molar-refractivity contribution in [2.75, 3.05) is 0 Å². The van der Waals surface area contributed by atoms with E-state index < -0.39 is 17.5 Å². The number of aromatic carboxylic acids is 1. The van der Waals surface area contributed by atoms with Gasteiger partial charge in [0.05, 0.1) is 17.8 Å². The molecular formula is C26H22FN7O3. The first-order chi connectivity index (χ1) is 18.0. The summed E-state index contributed by atoms with van der Waals surface area (Å²) in [6.07, 6.45) is 4.49. The number of nitrogens with one attached hydrogen (secondary N) is 1. The molecule has 0 saturated heterocycles. The maximum atomic E-state index is 14.7. The minimum atomic E-state index is -1.31. The van der Waals surface area contributed by atoms with Crippen molar-refractivity contribution in [3.63, 3.8) is 0 Å². The van der Waals surface area contributed by atoms with Crippen molar-refractivity contribution in [1.82, 2.24) is 34.7 Å². The first-order valence-electron chi connectivity index (χ1n) is 11.6. The van der Waals surface area contributed by atoms with Crippen LogP contribution in [0.3, 0.4) is 0 Å². The number of carbonyl (C=O) groups is 1. The highest BCUT2D eigenvalue weighted by Crippen LogP contribution is 2.28. The fraction of sp³-hybridized carbons (Fsp3) is 0.154. The Labute approximate surface area is 210 Å². The quantitative estimate of drug-likeness (QED) is 0.333. The number of pyridine rings is 1. The van der Waals surface area contributed by atoms with E-state index in [0.717, 1.165) is 33.7 Å². The smallest absolute Gasteiger partial charge is 0.337 e. The molecule has 11 heteroatoms. The second-order valence-corrected chi connectivity index (χ2v) is 8.38. The number of halogens is 1. The number of hydrogen-bond donors (Lipinski definition) is 2. The molecule has 3 aromatic heterocycles. The van der Waals surface area contributed by atoms with Gasteiger partial charge in [0.25, 0.3) is 0 Å². The summed E-state index contributed by atoms with van der Waals surface area (Å²) in [6.45, 7) is 2.16. The summed E-state index contributed by atoms with van der Waals surface area (Å²) < 4.78 is 17.3. The number of tetrazole rings is 1. The molecule has 0 aliphatic heterocycles. The van der Waals surface area contributed by atoms with Gasteiger partial charge in [0.1, 0.15) is 11.5 Å². The molecule has 0 saturated carbocycles. The maximum absolute atomic E-state index is 14.7. The lowest BCUT2D eigenvalue weighted by atomic mass is 10.0. The van der Waals surface area contributed by atoms with Gasteiger partial charge < -0.3 is 5.11 Å². The molecular weight excluding hydrogens is 477 g/mol. The monoisotopic (exact) mass is 499 g/mol. The van der Waals surface area contributed by atoms with Crippen molar-refractivity contribution in [2.45, 2.75) is 26.3 Å². The van der Waals surface area contributed by atoms with Crippen molar-refractivity contribution < 1.29 is 14.3 Å². The van der Waals surface area contributed by atoms with Crippen LogP contribution in [0.5, 0.6) is 0 Å². The van der Waals surface area contributed by atoms with Crippen LogP contribution in [-0.2, 0) is 13.0 Å². The van der Waals surface area contributed by atoms with E-state index in [4.69, 9.17) is 0 Å². The summed E-state index contributed by atoms with van der Waals surface area (Å²) in [4.78, 5) is 29.7. The number of nitrogens with zero attached hydrogens (tertiary/aromatic N) is 6. The highest BCUT2D eigenvalue weighted by atomic mass is 19.1. The van der Waals surface area contributed by atoms with Gasteiger partial charge in [-0.15, -0.1) is 10.2 Å². The van der Waals surface area contributed by atoms with Gasteiger partial charge in [0.15, 0.2) is 0 Å². The van der Waals surface area contributed by atoms with E-state index in [-0.39, 0.29) is 17.8 Å². The van der Waals surface area contributed by atoms with Crippen LogP contribution < -0.4 is 5.69 Å². The van der Waals surface area contributed by atoms with E-state index in [1.807, 2.05) is 43.3 Å². The molecule has 37 heavy (non-hydrogen) atoms. The van der Waals surface area contributed by atoms with Gasteiger partial charge in [0, 0.05) is 29.2 Å². The van der Waals surface area contributed by atoms with Crippen molar-refractivity contribution in [1.29, 1.82) is 0 Å². The van der Waals surface area contributed by atoms with Crippen molar-refractivity contribution in [3.05, 3.63) is 100 Å². The summed E-state index contributed by atoms with van der Waals surface area (Å²) in [5, 5.41) is 23.7. The fourth-order valence-electron chi connectivity index (χ4n) is 4.28. The number of rotatable bonds is 8. The normalized spacial score (nSPS) is 11.1. The lowest BCUT2D eigenvalue weighted by Crippen LogP contribution is -2.26. The van der Waals surface area contributed by atoms with Crippen LogP contribution in [0.4, 0.5) is 4.39 Å². The number of carboxylic acid groups (broad SMARTS) is 1. The van der Waals surface area contributed by atoms with Crippen LogP contribution in [0.25, 0.3) is 28.3 Å². The van der Waals surface area contributed by atoms with Gasteiger partial charge >= 0.3 is 11.7 Å². The molecule has 2 aromatic carbocycles. The SMILES string of the molecule is CCCc1cn(-c2c(F)cccc2C(=O)O)c(=O)n1Cc1ccc(-c2ccccc2-c2nn[nH]n2)nc1. The van der Waals surface area contributed by atoms with E-state index in [9.17, 15) is 19.1 Å². The third-order valence-electron chi connectivity index (χ3n) is 5.98. The van der Waals surface area contributed by atoms with E-state index in [1.54, 1.807) is 6.20 Å². The number of H-pyrrole nitrogens is 1. The molecule has 0 amide bonds. The number of para-hydroxylation sites is 1. The highest BCUT2D eigenvalue weighted by Gasteiger charge is 2.21. The average Bonchev–Trinajstić information content (AvgIpc) is 3.54. The molecule has 0 fully saturated rings. The lowest BCUT2D eigenvalue weighted by molar-refractivity contribution is 0.0696. The number of aromatic amines is 1. The van der Waals surface area contributed by atoms with E-state index in [0.29, 0.717) is 23.6 Å². The van der Waals surface area contributed by atoms with Gasteiger partial charge in [-0.2, -0.15) is 5.21 Å². The predicted molar refractivity (Wildman–Crippen MR) is 133 cm³/mol. The Morgan fingerprint density at radius 3 is 2.57 bits per heavy atom. The minimum Gasteiger partial charge on any atom is -0.478 e. The second-order valence-electron chi connectivity index (χ2n) is 8.38. The molecule has 0 spiro atoms. The Morgan fingerprint density at radius 2 is 1.89 bits per heavy atom. The molecule has 0 bridgehead atoms. The van der Waals surface area contributed by atoms with E-state index in [2.05, 4.69) is 25.6 Å². The predicted octanol–water partition coefficient (Wildman–Crippen LogP) is 3.72. The summed E-state index contributed by atoms with van der Waals surface area (Å²) in [5.74, 6) is -1.65.